The van der Waals surface area contributed by atoms with Gasteiger partial charge in [-0.15, -0.1) is 0 Å². The van der Waals surface area contributed by atoms with Crippen molar-refractivity contribution in [2.24, 2.45) is 0 Å². The smallest absolute Gasteiger partial charge is 0.320 e. The molecule has 3 N–H and O–H groups in total. The molecular weight excluding hydrogens is 480 g/mol. The van der Waals surface area contributed by atoms with Crippen LogP contribution in [0.2, 0.25) is 0 Å². The summed E-state index contributed by atoms with van der Waals surface area (Å²) in [4.78, 5) is 8.30. The molecule has 0 fully saturated rings. The molecule has 10 heteroatoms. The summed E-state index contributed by atoms with van der Waals surface area (Å²) in [6.45, 7) is 2.22. The van der Waals surface area contributed by atoms with E-state index in [-0.39, 0.29) is 12.1 Å². The van der Waals surface area contributed by atoms with E-state index < -0.39 is 0 Å². The van der Waals surface area contributed by atoms with Gasteiger partial charge in [0.05, 0.1) is 17.3 Å². The SMILES string of the molecule is Oc1nc(NCCCN[C@@H]2CCOc3c(Br)cc(Br)cc32)nc2ccnn12. The number of hydrogen-bond acceptors (Lipinski definition) is 7. The first-order valence-electron chi connectivity index (χ1n) is 8.61. The fraction of sp³-hybridized carbons (Fsp3) is 0.353. The van der Waals surface area contributed by atoms with Crippen LogP contribution in [0.1, 0.15) is 24.4 Å². The Labute approximate surface area is 172 Å². The summed E-state index contributed by atoms with van der Waals surface area (Å²) in [5.41, 5.74) is 1.72. The van der Waals surface area contributed by atoms with Gasteiger partial charge in [0.1, 0.15) is 5.75 Å². The number of anilines is 1. The zero-order chi connectivity index (χ0) is 18.8. The van der Waals surface area contributed by atoms with Gasteiger partial charge in [0.2, 0.25) is 5.95 Å². The molecule has 8 nitrogen and oxygen atoms in total. The van der Waals surface area contributed by atoms with Gasteiger partial charge in [-0.1, -0.05) is 15.9 Å². The van der Waals surface area contributed by atoms with E-state index in [4.69, 9.17) is 4.74 Å². The van der Waals surface area contributed by atoms with Crippen molar-refractivity contribution in [1.82, 2.24) is 24.9 Å². The fourth-order valence-corrected chi connectivity index (χ4v) is 4.47. The van der Waals surface area contributed by atoms with Crippen molar-refractivity contribution in [2.45, 2.75) is 18.9 Å². The van der Waals surface area contributed by atoms with Crippen LogP contribution in [0.15, 0.2) is 33.3 Å². The minimum Gasteiger partial charge on any atom is -0.492 e. The van der Waals surface area contributed by atoms with E-state index in [1.807, 2.05) is 6.07 Å². The highest BCUT2D eigenvalue weighted by atomic mass is 79.9. The number of benzene rings is 1. The molecule has 0 amide bonds. The van der Waals surface area contributed by atoms with Gasteiger partial charge in [-0.3, -0.25) is 0 Å². The van der Waals surface area contributed by atoms with Crippen LogP contribution in [0.4, 0.5) is 5.95 Å². The van der Waals surface area contributed by atoms with Gasteiger partial charge < -0.3 is 20.5 Å². The molecule has 1 atom stereocenters. The summed E-state index contributed by atoms with van der Waals surface area (Å²) in [7, 11) is 0. The summed E-state index contributed by atoms with van der Waals surface area (Å²) in [5.74, 6) is 1.31. The number of aromatic hydroxyl groups is 1. The monoisotopic (exact) mass is 496 g/mol. The molecule has 2 aromatic heterocycles. The predicted molar refractivity (Wildman–Crippen MR) is 108 cm³/mol. The number of aromatic nitrogens is 4. The number of nitrogens with zero attached hydrogens (tertiary/aromatic N) is 4. The van der Waals surface area contributed by atoms with Gasteiger partial charge in [0.25, 0.3) is 0 Å². The summed E-state index contributed by atoms with van der Waals surface area (Å²) in [6, 6.07) is 5.89. The molecule has 0 unspecified atom stereocenters. The Bertz CT molecular complexity index is 964. The maximum atomic E-state index is 9.83. The summed E-state index contributed by atoms with van der Waals surface area (Å²) < 4.78 is 9.07. The first-order chi connectivity index (χ1) is 13.1. The molecule has 4 rings (SSSR count). The minimum absolute atomic E-state index is 0.180. The average molecular weight is 498 g/mol. The van der Waals surface area contributed by atoms with Gasteiger partial charge in [-0.05, 0) is 41.0 Å². The summed E-state index contributed by atoms with van der Waals surface area (Å²) in [6.07, 6.45) is 3.38. The van der Waals surface area contributed by atoms with Crippen molar-refractivity contribution in [2.75, 3.05) is 25.0 Å². The molecule has 1 aliphatic rings. The third-order valence-corrected chi connectivity index (χ3v) is 5.38. The topological polar surface area (TPSA) is 96.6 Å². The minimum atomic E-state index is -0.180. The lowest BCUT2D eigenvalue weighted by molar-refractivity contribution is 0.251. The van der Waals surface area contributed by atoms with Gasteiger partial charge in [0.15, 0.2) is 5.65 Å². The summed E-state index contributed by atoms with van der Waals surface area (Å²) >= 11 is 7.11. The van der Waals surface area contributed by atoms with Crippen LogP contribution >= 0.6 is 31.9 Å². The number of hydrogen-bond donors (Lipinski definition) is 3. The Kier molecular flexibility index (Phi) is 5.46. The zero-order valence-electron chi connectivity index (χ0n) is 14.3. The molecule has 3 aromatic rings. The van der Waals surface area contributed by atoms with Crippen LogP contribution in [-0.2, 0) is 0 Å². The molecule has 0 saturated carbocycles. The largest absolute Gasteiger partial charge is 0.492 e. The average Bonchev–Trinajstić information content (AvgIpc) is 3.11. The number of fused-ring (bicyclic) bond motifs is 2. The van der Waals surface area contributed by atoms with Gasteiger partial charge in [-0.25, -0.2) is 0 Å². The number of rotatable bonds is 6. The van der Waals surface area contributed by atoms with Gasteiger partial charge in [0, 0.05) is 35.1 Å². The number of ether oxygens (including phenoxy) is 1. The molecule has 0 saturated heterocycles. The molecule has 142 valence electrons. The van der Waals surface area contributed by atoms with Crippen molar-refractivity contribution >= 4 is 43.5 Å². The highest BCUT2D eigenvalue weighted by Gasteiger charge is 2.23. The van der Waals surface area contributed by atoms with E-state index in [9.17, 15) is 5.11 Å². The maximum Gasteiger partial charge on any atom is 0.320 e. The molecule has 1 aromatic carbocycles. The summed E-state index contributed by atoms with van der Waals surface area (Å²) in [5, 5.41) is 20.5. The van der Waals surface area contributed by atoms with E-state index in [2.05, 4.69) is 63.6 Å². The Morgan fingerprint density at radius 3 is 3.04 bits per heavy atom. The van der Waals surface area contributed by atoms with E-state index in [1.54, 1.807) is 12.3 Å². The molecule has 0 radical (unpaired) electrons. The van der Waals surface area contributed by atoms with E-state index in [0.717, 1.165) is 39.6 Å². The molecule has 0 aliphatic carbocycles. The lowest BCUT2D eigenvalue weighted by atomic mass is 10.0. The van der Waals surface area contributed by atoms with E-state index in [0.29, 0.717) is 24.7 Å². The van der Waals surface area contributed by atoms with Gasteiger partial charge in [-0.2, -0.15) is 19.6 Å². The fourth-order valence-electron chi connectivity index (χ4n) is 3.09. The van der Waals surface area contributed by atoms with E-state index in [1.165, 1.54) is 4.52 Å². The van der Waals surface area contributed by atoms with Crippen molar-refractivity contribution < 1.29 is 9.84 Å². The molecule has 0 bridgehead atoms. The lowest BCUT2D eigenvalue weighted by Gasteiger charge is -2.28. The lowest BCUT2D eigenvalue weighted by Crippen LogP contribution is -2.29. The van der Waals surface area contributed by atoms with Crippen molar-refractivity contribution in [3.05, 3.63) is 38.9 Å². The normalized spacial score (nSPS) is 16.1. The second kappa shape index (κ2) is 7.99. The first kappa shape index (κ1) is 18.5. The number of halogens is 2. The Balaban J connectivity index is 1.31. The first-order valence-corrected chi connectivity index (χ1v) is 10.2. The Morgan fingerprint density at radius 1 is 1.26 bits per heavy atom. The molecule has 1 aliphatic heterocycles. The van der Waals surface area contributed by atoms with Crippen LogP contribution in [0.3, 0.4) is 0 Å². The standard InChI is InChI=1S/C17H18Br2N6O2/c18-10-8-11-13(3-7-27-15(11)12(19)9-10)20-4-1-5-21-16-23-14-2-6-22-25(14)17(26)24-16/h2,6,8-9,13,20H,1,3-5,7H2,(H2,21,23,24,26)/t13-/m1/s1. The van der Waals surface area contributed by atoms with Crippen LogP contribution < -0.4 is 15.4 Å². The molecular formula is C17H18Br2N6O2. The second-order valence-electron chi connectivity index (χ2n) is 6.18. The third kappa shape index (κ3) is 4.02. The Morgan fingerprint density at radius 2 is 2.15 bits per heavy atom. The maximum absolute atomic E-state index is 9.83. The quantitative estimate of drug-likeness (QED) is 0.449. The van der Waals surface area contributed by atoms with Crippen LogP contribution in [0.25, 0.3) is 5.65 Å². The molecule has 27 heavy (non-hydrogen) atoms. The highest BCUT2D eigenvalue weighted by molar-refractivity contribution is 9.11. The van der Waals surface area contributed by atoms with Crippen LogP contribution in [0, 0.1) is 0 Å². The van der Waals surface area contributed by atoms with E-state index >= 15 is 0 Å². The Hall–Kier alpha value is -1.91. The highest BCUT2D eigenvalue weighted by Crippen LogP contribution is 2.40. The van der Waals surface area contributed by atoms with Crippen LogP contribution in [0.5, 0.6) is 11.8 Å². The van der Waals surface area contributed by atoms with Gasteiger partial charge >= 0.3 is 6.01 Å². The van der Waals surface area contributed by atoms with Crippen LogP contribution in [-0.4, -0.2) is 44.4 Å². The predicted octanol–water partition coefficient (Wildman–Crippen LogP) is 3.27. The second-order valence-corrected chi connectivity index (χ2v) is 7.95. The number of nitrogens with one attached hydrogen (secondary N) is 2. The van der Waals surface area contributed by atoms with Crippen molar-refractivity contribution in [3.63, 3.8) is 0 Å². The molecule has 0 spiro atoms. The van der Waals surface area contributed by atoms with Crippen molar-refractivity contribution in [3.8, 4) is 11.8 Å². The third-order valence-electron chi connectivity index (χ3n) is 4.33. The zero-order valence-corrected chi connectivity index (χ0v) is 17.5. The van der Waals surface area contributed by atoms with Crippen molar-refractivity contribution in [1.29, 1.82) is 0 Å². The molecule has 3 heterocycles.